The summed E-state index contributed by atoms with van der Waals surface area (Å²) < 4.78 is 38.5. The molecule has 1 fully saturated rings. The molecule has 0 atom stereocenters. The van der Waals surface area contributed by atoms with Gasteiger partial charge in [-0.1, -0.05) is 0 Å². The number of anilines is 1. The van der Waals surface area contributed by atoms with Crippen molar-refractivity contribution in [3.05, 3.63) is 117 Å². The Labute approximate surface area is 280 Å². The predicted octanol–water partition coefficient (Wildman–Crippen LogP) is 4.41. The molecule has 12 nitrogen and oxygen atoms in total. The minimum Gasteiger partial charge on any atom is -0.454 e. The van der Waals surface area contributed by atoms with E-state index in [0.717, 1.165) is 73.8 Å². The zero-order valence-corrected chi connectivity index (χ0v) is 27.3. The lowest BCUT2D eigenvalue weighted by atomic mass is 10.2. The quantitative estimate of drug-likeness (QED) is 0.232. The molecule has 2 aromatic carbocycles. The van der Waals surface area contributed by atoms with E-state index in [9.17, 15) is 18.8 Å². The Bertz CT molecular complexity index is 2080. The molecule has 4 heterocycles. The first-order chi connectivity index (χ1) is 23.5. The number of nitrogens with one attached hydrogen (secondary N) is 1. The lowest BCUT2D eigenvalue weighted by molar-refractivity contribution is 0.102. The summed E-state index contributed by atoms with van der Waals surface area (Å²) in [6, 6.07) is 11.5. The highest BCUT2D eigenvalue weighted by atomic mass is 19.1. The van der Waals surface area contributed by atoms with Gasteiger partial charge in [-0.15, -0.1) is 0 Å². The third-order valence-corrected chi connectivity index (χ3v) is 8.32. The molecule has 1 aliphatic rings. The summed E-state index contributed by atoms with van der Waals surface area (Å²) in [6.45, 7) is 9.25. The number of carbonyl (C=O) groups is 1. The van der Waals surface area contributed by atoms with Crippen LogP contribution in [0, 0.1) is 11.6 Å². The minimum atomic E-state index is -0.902. The van der Waals surface area contributed by atoms with E-state index in [1.54, 1.807) is 38.4 Å². The van der Waals surface area contributed by atoms with E-state index in [1.165, 1.54) is 28.8 Å². The van der Waals surface area contributed by atoms with E-state index >= 15 is 4.39 Å². The molecule has 6 rings (SSSR count). The van der Waals surface area contributed by atoms with E-state index in [1.807, 2.05) is 10.9 Å². The average molecular weight is 671 g/mol. The fraction of sp³-hybridized carbons (Fsp3) is 0.286. The smallest absolute Gasteiger partial charge is 0.335 e. The maximum absolute atomic E-state index is 15.2. The van der Waals surface area contributed by atoms with Gasteiger partial charge in [-0.2, -0.15) is 5.10 Å². The molecular weight excluding hydrogens is 634 g/mol. The van der Waals surface area contributed by atoms with Gasteiger partial charge in [-0.05, 0) is 63.4 Å². The molecule has 0 spiro atoms. The Morgan fingerprint density at radius 3 is 2.43 bits per heavy atom. The van der Waals surface area contributed by atoms with Crippen LogP contribution in [0.25, 0.3) is 16.9 Å². The Morgan fingerprint density at radius 1 is 0.959 bits per heavy atom. The summed E-state index contributed by atoms with van der Waals surface area (Å²) >= 11 is 0. The van der Waals surface area contributed by atoms with Crippen LogP contribution in [0.5, 0.6) is 11.5 Å². The number of ether oxygens (including phenoxy) is 1. The molecule has 0 unspecified atom stereocenters. The standard InChI is InChI=1S/C35H36F2N8O4/c1-23(2)44-22-29(34(47)45(35(44)48)27-7-4-25(36)5-8-27)33(46)40-26-6-9-32(30(37)18-26)49-28-10-11-38-31(19-28)24-20-39-43(21-24)17-16-42-14-12-41(3)13-15-42/h4-11,18-23H,12-17H2,1-3H3,(H,40,46). The van der Waals surface area contributed by atoms with Crippen LogP contribution in [0.15, 0.2) is 89.0 Å². The van der Waals surface area contributed by atoms with Gasteiger partial charge in [0.15, 0.2) is 11.6 Å². The van der Waals surface area contributed by atoms with Crippen molar-refractivity contribution in [2.45, 2.75) is 26.4 Å². The van der Waals surface area contributed by atoms with Crippen molar-refractivity contribution in [3.8, 4) is 28.4 Å². The van der Waals surface area contributed by atoms with Crippen molar-refractivity contribution in [2.75, 3.05) is 45.1 Å². The van der Waals surface area contributed by atoms with Crippen LogP contribution in [0.1, 0.15) is 30.2 Å². The van der Waals surface area contributed by atoms with Gasteiger partial charge in [0.25, 0.3) is 11.5 Å². The van der Waals surface area contributed by atoms with Crippen molar-refractivity contribution < 1.29 is 18.3 Å². The second kappa shape index (κ2) is 14.3. The number of benzene rings is 2. The van der Waals surface area contributed by atoms with Crippen molar-refractivity contribution in [1.82, 2.24) is 33.7 Å². The second-order valence-electron chi connectivity index (χ2n) is 12.2. The Balaban J connectivity index is 1.15. The molecule has 1 amide bonds. The van der Waals surface area contributed by atoms with Crippen LogP contribution in [0.3, 0.4) is 0 Å². The van der Waals surface area contributed by atoms with E-state index < -0.39 is 34.8 Å². The highest BCUT2D eigenvalue weighted by Crippen LogP contribution is 2.29. The lowest BCUT2D eigenvalue weighted by Gasteiger charge is -2.32. The summed E-state index contributed by atoms with van der Waals surface area (Å²) in [5, 5.41) is 7.00. The Kier molecular flexibility index (Phi) is 9.78. The van der Waals surface area contributed by atoms with Crippen LogP contribution < -0.4 is 21.3 Å². The fourth-order valence-electron chi connectivity index (χ4n) is 5.47. The van der Waals surface area contributed by atoms with E-state index in [2.05, 4.69) is 32.2 Å². The molecule has 0 radical (unpaired) electrons. The summed E-state index contributed by atoms with van der Waals surface area (Å²) in [7, 11) is 2.13. The fourth-order valence-corrected chi connectivity index (χ4v) is 5.47. The van der Waals surface area contributed by atoms with Gasteiger partial charge in [0, 0.05) is 80.7 Å². The molecule has 0 bridgehead atoms. The second-order valence-corrected chi connectivity index (χ2v) is 12.2. The molecule has 254 valence electrons. The van der Waals surface area contributed by atoms with Gasteiger partial charge < -0.3 is 15.0 Å². The predicted molar refractivity (Wildman–Crippen MR) is 180 cm³/mol. The third kappa shape index (κ3) is 7.66. The highest BCUT2D eigenvalue weighted by Gasteiger charge is 2.21. The summed E-state index contributed by atoms with van der Waals surface area (Å²) in [5.41, 5.74) is -0.381. The number of piperazine rings is 1. The number of nitrogens with zero attached hydrogens (tertiary/aromatic N) is 7. The van der Waals surface area contributed by atoms with Gasteiger partial charge in [0.2, 0.25) is 0 Å². The molecule has 3 aromatic heterocycles. The Hall–Kier alpha value is -5.47. The lowest BCUT2D eigenvalue weighted by Crippen LogP contribution is -2.45. The van der Waals surface area contributed by atoms with Crippen LogP contribution in [0.4, 0.5) is 14.5 Å². The molecule has 14 heteroatoms. The molecule has 1 saturated heterocycles. The molecule has 1 N–H and O–H groups in total. The number of pyridine rings is 1. The topological polar surface area (TPSA) is 120 Å². The number of aromatic nitrogens is 5. The van der Waals surface area contributed by atoms with Crippen molar-refractivity contribution in [2.24, 2.45) is 0 Å². The van der Waals surface area contributed by atoms with Gasteiger partial charge in [0.1, 0.15) is 17.1 Å². The minimum absolute atomic E-state index is 0.0595. The normalized spacial score (nSPS) is 13.9. The maximum Gasteiger partial charge on any atom is 0.335 e. The number of likely N-dealkylation sites (N-methyl/N-ethyl adjacent to an activating group) is 1. The first kappa shape index (κ1) is 33.4. The van der Waals surface area contributed by atoms with Gasteiger partial charge in [0.05, 0.1) is 24.1 Å². The van der Waals surface area contributed by atoms with Gasteiger partial charge in [-0.3, -0.25) is 28.7 Å². The van der Waals surface area contributed by atoms with E-state index in [-0.39, 0.29) is 22.7 Å². The van der Waals surface area contributed by atoms with Crippen LogP contribution in [-0.4, -0.2) is 79.4 Å². The van der Waals surface area contributed by atoms with E-state index in [0.29, 0.717) is 11.4 Å². The van der Waals surface area contributed by atoms with Gasteiger partial charge >= 0.3 is 5.69 Å². The number of carbonyl (C=O) groups excluding carboxylic acids is 1. The molecule has 5 aromatic rings. The number of amides is 1. The first-order valence-corrected chi connectivity index (χ1v) is 15.9. The first-order valence-electron chi connectivity index (χ1n) is 15.9. The molecule has 1 aliphatic heterocycles. The zero-order chi connectivity index (χ0) is 34.7. The van der Waals surface area contributed by atoms with Crippen molar-refractivity contribution in [3.63, 3.8) is 0 Å². The maximum atomic E-state index is 15.2. The zero-order valence-electron chi connectivity index (χ0n) is 27.3. The van der Waals surface area contributed by atoms with Crippen molar-refractivity contribution >= 4 is 11.6 Å². The monoisotopic (exact) mass is 670 g/mol. The Morgan fingerprint density at radius 2 is 1.71 bits per heavy atom. The van der Waals surface area contributed by atoms with Gasteiger partial charge in [-0.25, -0.2) is 18.1 Å². The summed E-state index contributed by atoms with van der Waals surface area (Å²) in [6.07, 6.45) is 6.38. The molecular formula is C35H36F2N8O4. The average Bonchev–Trinajstić information content (AvgIpc) is 3.56. The number of hydrogen-bond acceptors (Lipinski definition) is 8. The largest absolute Gasteiger partial charge is 0.454 e. The van der Waals surface area contributed by atoms with Crippen LogP contribution >= 0.6 is 0 Å². The summed E-state index contributed by atoms with van der Waals surface area (Å²) in [5.74, 6) is -1.91. The van der Waals surface area contributed by atoms with Crippen molar-refractivity contribution in [1.29, 1.82) is 0 Å². The molecule has 49 heavy (non-hydrogen) atoms. The number of rotatable bonds is 10. The SMILES string of the molecule is CC(C)n1cc(C(=O)Nc2ccc(Oc3ccnc(-c4cnn(CCN5CCN(C)CC5)c4)c3)c(F)c2)c(=O)n(-c2ccc(F)cc2)c1=O. The van der Waals surface area contributed by atoms with E-state index in [4.69, 9.17) is 4.74 Å². The highest BCUT2D eigenvalue weighted by molar-refractivity contribution is 6.03. The summed E-state index contributed by atoms with van der Waals surface area (Å²) in [4.78, 5) is 48.9. The third-order valence-electron chi connectivity index (χ3n) is 8.32. The molecule has 0 saturated carbocycles. The molecule has 0 aliphatic carbocycles. The number of halogens is 2. The number of hydrogen-bond donors (Lipinski definition) is 1. The van der Waals surface area contributed by atoms with Crippen LogP contribution in [-0.2, 0) is 6.54 Å². The van der Waals surface area contributed by atoms with Crippen LogP contribution in [0.2, 0.25) is 0 Å².